The van der Waals surface area contributed by atoms with Crippen molar-refractivity contribution in [3.63, 3.8) is 0 Å². The van der Waals surface area contributed by atoms with Crippen molar-refractivity contribution in [2.75, 3.05) is 0 Å². The molecule has 0 saturated carbocycles. The lowest BCUT2D eigenvalue weighted by Gasteiger charge is -2.11. The summed E-state index contributed by atoms with van der Waals surface area (Å²) in [5, 5.41) is 4.22. The molecular formula is C20H6N6O2S2. The average Bonchev–Trinajstić information content (AvgIpc) is 3.49. The summed E-state index contributed by atoms with van der Waals surface area (Å²) in [5.41, 5.74) is 5.27. The van der Waals surface area contributed by atoms with E-state index in [0.29, 0.717) is 43.0 Å². The van der Waals surface area contributed by atoms with E-state index < -0.39 is 0 Å². The van der Waals surface area contributed by atoms with Gasteiger partial charge in [0.15, 0.2) is 32.2 Å². The van der Waals surface area contributed by atoms with Gasteiger partial charge in [-0.25, -0.2) is 28.7 Å². The summed E-state index contributed by atoms with van der Waals surface area (Å²) < 4.78 is 3.13. The predicted molar refractivity (Wildman–Crippen MR) is 118 cm³/mol. The van der Waals surface area contributed by atoms with Gasteiger partial charge in [-0.1, -0.05) is 0 Å². The molecular weight excluding hydrogens is 420 g/mol. The summed E-state index contributed by atoms with van der Waals surface area (Å²) in [4.78, 5) is 46.2. The molecule has 0 fully saturated rings. The van der Waals surface area contributed by atoms with Crippen LogP contribution in [0.3, 0.4) is 0 Å². The van der Waals surface area contributed by atoms with Crippen molar-refractivity contribution < 1.29 is 0 Å². The van der Waals surface area contributed by atoms with Gasteiger partial charge in [0, 0.05) is 32.3 Å². The fourth-order valence-corrected chi connectivity index (χ4v) is 5.91. The first kappa shape index (κ1) is 15.1. The normalized spacial score (nSPS) is 12.9. The molecule has 0 bridgehead atoms. The zero-order valence-corrected chi connectivity index (χ0v) is 16.4. The van der Waals surface area contributed by atoms with E-state index in [2.05, 4.69) is 19.9 Å². The van der Waals surface area contributed by atoms with Crippen LogP contribution in [-0.2, 0) is 0 Å². The largest absolute Gasteiger partial charge is 0.268 e. The second-order valence-electron chi connectivity index (χ2n) is 7.19. The number of hydrogen-bond donors (Lipinski definition) is 0. The summed E-state index contributed by atoms with van der Waals surface area (Å²) in [6.07, 6.45) is 0. The van der Waals surface area contributed by atoms with Crippen LogP contribution in [0.5, 0.6) is 0 Å². The second kappa shape index (κ2) is 4.69. The molecule has 6 aromatic heterocycles. The number of aromatic nitrogens is 6. The van der Waals surface area contributed by atoms with E-state index >= 15 is 0 Å². The Bertz CT molecular complexity index is 1960. The number of fused-ring (bicyclic) bond motifs is 8. The number of thiazole rings is 2. The maximum Gasteiger partial charge on any atom is 0.265 e. The molecule has 8 aromatic rings. The third-order valence-electron chi connectivity index (χ3n) is 5.83. The number of imidazole rings is 2. The first-order valence-electron chi connectivity index (χ1n) is 9.06. The monoisotopic (exact) mass is 426 g/mol. The van der Waals surface area contributed by atoms with Gasteiger partial charge in [0.2, 0.25) is 0 Å². The Labute approximate surface area is 172 Å². The van der Waals surface area contributed by atoms with Crippen molar-refractivity contribution in [1.82, 2.24) is 28.7 Å². The first-order chi connectivity index (χ1) is 14.7. The smallest absolute Gasteiger partial charge is 0.265 e. The van der Waals surface area contributed by atoms with Crippen molar-refractivity contribution in [1.29, 1.82) is 0 Å². The van der Waals surface area contributed by atoms with Crippen molar-refractivity contribution in [3.05, 3.63) is 56.0 Å². The maximum absolute atomic E-state index is 13.4. The Kier molecular flexibility index (Phi) is 2.36. The van der Waals surface area contributed by atoms with Gasteiger partial charge >= 0.3 is 0 Å². The van der Waals surface area contributed by atoms with Crippen molar-refractivity contribution in [3.8, 4) is 0 Å². The quantitative estimate of drug-likeness (QED) is 0.346. The summed E-state index contributed by atoms with van der Waals surface area (Å²) in [7, 11) is 0. The summed E-state index contributed by atoms with van der Waals surface area (Å²) in [6.45, 7) is 0. The van der Waals surface area contributed by atoms with Crippen LogP contribution in [0.4, 0.5) is 0 Å². The van der Waals surface area contributed by atoms with E-state index in [0.717, 1.165) is 21.5 Å². The Morgan fingerprint density at radius 2 is 1.03 bits per heavy atom. The van der Waals surface area contributed by atoms with E-state index in [1.54, 1.807) is 32.0 Å². The minimum absolute atomic E-state index is 0.182. The number of pyridine rings is 2. The fourth-order valence-electron chi connectivity index (χ4n) is 4.63. The van der Waals surface area contributed by atoms with E-state index in [1.165, 1.54) is 22.7 Å². The molecule has 0 aliphatic rings. The number of benzene rings is 2. The molecule has 30 heavy (non-hydrogen) atoms. The SMILES string of the molecule is O=c1c2ccc3c(=O)n4c5ncsc5nc4c4ccc(c2c34)c2nc3scnc3n12. The Morgan fingerprint density at radius 1 is 0.600 bits per heavy atom. The molecule has 0 aliphatic heterocycles. The van der Waals surface area contributed by atoms with E-state index in [4.69, 9.17) is 0 Å². The highest BCUT2D eigenvalue weighted by Crippen LogP contribution is 2.36. The van der Waals surface area contributed by atoms with Crippen LogP contribution >= 0.6 is 22.7 Å². The molecule has 0 N–H and O–H groups in total. The second-order valence-corrected chi connectivity index (χ2v) is 8.85. The van der Waals surface area contributed by atoms with Crippen LogP contribution in [0.1, 0.15) is 0 Å². The average molecular weight is 426 g/mol. The van der Waals surface area contributed by atoms with Crippen molar-refractivity contribution >= 4 is 87.2 Å². The zero-order chi connectivity index (χ0) is 19.7. The Morgan fingerprint density at radius 3 is 1.50 bits per heavy atom. The molecule has 0 atom stereocenters. The van der Waals surface area contributed by atoms with Crippen LogP contribution in [0.2, 0.25) is 0 Å². The molecule has 6 heterocycles. The molecule has 0 radical (unpaired) electrons. The predicted octanol–water partition coefficient (Wildman–Crippen LogP) is 3.26. The number of nitrogens with zero attached hydrogens (tertiary/aromatic N) is 6. The fraction of sp³-hybridized carbons (Fsp3) is 0. The van der Waals surface area contributed by atoms with Gasteiger partial charge in [0.05, 0.1) is 11.0 Å². The van der Waals surface area contributed by atoms with Crippen molar-refractivity contribution in [2.24, 2.45) is 0 Å². The topological polar surface area (TPSA) is 94.5 Å². The third-order valence-corrected chi connectivity index (χ3v) is 7.25. The standard InChI is InChI=1S/C20H6N6O2S2/c27-19-9-3-4-10-12-8(14-24-18-16(22-6-30-18)26(14)20(10)28)2-1-7(11(9)12)13-23-17-15(25(13)19)21-5-29-17/h1-6H. The van der Waals surface area contributed by atoms with Crippen LogP contribution in [-0.4, -0.2) is 28.7 Å². The molecule has 0 saturated heterocycles. The number of rotatable bonds is 0. The van der Waals surface area contributed by atoms with Gasteiger partial charge in [0.1, 0.15) is 0 Å². The minimum atomic E-state index is -0.182. The number of hydrogen-bond acceptors (Lipinski definition) is 8. The molecule has 10 heteroatoms. The minimum Gasteiger partial charge on any atom is -0.268 e. The van der Waals surface area contributed by atoms with Gasteiger partial charge in [-0.05, 0) is 24.3 Å². The van der Waals surface area contributed by atoms with Crippen LogP contribution in [0, 0.1) is 0 Å². The Hall–Kier alpha value is -3.76. The van der Waals surface area contributed by atoms with E-state index in [9.17, 15) is 9.59 Å². The van der Waals surface area contributed by atoms with E-state index in [-0.39, 0.29) is 11.1 Å². The third kappa shape index (κ3) is 1.47. The lowest BCUT2D eigenvalue weighted by atomic mass is 9.96. The Balaban J connectivity index is 1.76. The maximum atomic E-state index is 13.4. The van der Waals surface area contributed by atoms with Crippen LogP contribution < -0.4 is 11.1 Å². The highest BCUT2D eigenvalue weighted by Gasteiger charge is 2.23. The van der Waals surface area contributed by atoms with Crippen LogP contribution in [0.15, 0.2) is 44.9 Å². The van der Waals surface area contributed by atoms with E-state index in [1.807, 2.05) is 12.1 Å². The molecule has 2 aromatic carbocycles. The zero-order valence-electron chi connectivity index (χ0n) is 14.8. The molecule has 0 spiro atoms. The molecule has 8 rings (SSSR count). The summed E-state index contributed by atoms with van der Waals surface area (Å²) >= 11 is 2.80. The van der Waals surface area contributed by atoms with Gasteiger partial charge in [-0.2, -0.15) is 0 Å². The summed E-state index contributed by atoms with van der Waals surface area (Å²) in [5.74, 6) is 0. The molecule has 0 amide bonds. The molecule has 8 nitrogen and oxygen atoms in total. The highest BCUT2D eigenvalue weighted by molar-refractivity contribution is 7.16. The van der Waals surface area contributed by atoms with Gasteiger partial charge in [-0.3, -0.25) is 9.59 Å². The molecule has 140 valence electrons. The van der Waals surface area contributed by atoms with Gasteiger partial charge in [-0.15, -0.1) is 22.7 Å². The van der Waals surface area contributed by atoms with Crippen molar-refractivity contribution in [2.45, 2.75) is 0 Å². The van der Waals surface area contributed by atoms with Gasteiger partial charge in [0.25, 0.3) is 11.1 Å². The lowest BCUT2D eigenvalue weighted by Crippen LogP contribution is -2.17. The molecule has 0 aliphatic carbocycles. The lowest BCUT2D eigenvalue weighted by molar-refractivity contribution is 1.15. The molecule has 0 unspecified atom stereocenters. The van der Waals surface area contributed by atoms with Gasteiger partial charge < -0.3 is 0 Å². The highest BCUT2D eigenvalue weighted by atomic mass is 32.1. The van der Waals surface area contributed by atoms with Crippen LogP contribution in [0.25, 0.3) is 64.6 Å². The first-order valence-corrected chi connectivity index (χ1v) is 10.8. The summed E-state index contributed by atoms with van der Waals surface area (Å²) in [6, 6.07) is 7.37.